The van der Waals surface area contributed by atoms with Crippen molar-refractivity contribution < 1.29 is 19.1 Å². The molecule has 35 heavy (non-hydrogen) atoms. The van der Waals surface area contributed by atoms with Crippen LogP contribution in [0, 0.1) is 0 Å². The van der Waals surface area contributed by atoms with Crippen LogP contribution in [0.3, 0.4) is 0 Å². The van der Waals surface area contributed by atoms with E-state index in [-0.39, 0.29) is 23.6 Å². The summed E-state index contributed by atoms with van der Waals surface area (Å²) in [5.41, 5.74) is 2.82. The van der Waals surface area contributed by atoms with Crippen LogP contribution in [-0.2, 0) is 17.6 Å². The number of carbonyl (C=O) groups is 3. The summed E-state index contributed by atoms with van der Waals surface area (Å²) in [6, 6.07) is 20.9. The molecule has 0 saturated heterocycles. The molecule has 0 heterocycles. The van der Waals surface area contributed by atoms with E-state index in [0.717, 1.165) is 11.1 Å². The third-order valence-corrected chi connectivity index (χ3v) is 5.82. The Morgan fingerprint density at radius 2 is 1.54 bits per heavy atom. The number of ketones is 2. The minimum atomic E-state index is -0.672. The largest absolute Gasteiger partial charge is 0.489 e. The van der Waals surface area contributed by atoms with Crippen molar-refractivity contribution in [3.05, 3.63) is 100 Å². The zero-order valence-corrected chi connectivity index (χ0v) is 21.0. The molecule has 0 aromatic heterocycles. The van der Waals surface area contributed by atoms with Gasteiger partial charge < -0.3 is 10.1 Å². The first kappa shape index (κ1) is 26.2. The predicted octanol–water partition coefficient (Wildman–Crippen LogP) is 5.87. The molecule has 0 aliphatic heterocycles. The van der Waals surface area contributed by atoms with Gasteiger partial charge in [0, 0.05) is 24.0 Å². The van der Waals surface area contributed by atoms with Gasteiger partial charge in [-0.2, -0.15) is 0 Å². The Morgan fingerprint density at radius 3 is 2.14 bits per heavy atom. The van der Waals surface area contributed by atoms with E-state index in [0.29, 0.717) is 41.2 Å². The fourth-order valence-electron chi connectivity index (χ4n) is 3.67. The first-order valence-electron chi connectivity index (χ1n) is 11.7. The molecular formula is C29H30ClNO4. The van der Waals surface area contributed by atoms with Gasteiger partial charge >= 0.3 is 0 Å². The van der Waals surface area contributed by atoms with E-state index in [1.54, 1.807) is 37.3 Å². The van der Waals surface area contributed by atoms with Gasteiger partial charge in [-0.25, -0.2) is 0 Å². The van der Waals surface area contributed by atoms with Crippen LogP contribution in [-0.4, -0.2) is 29.6 Å². The lowest BCUT2D eigenvalue weighted by atomic mass is 9.97. The van der Waals surface area contributed by atoms with Crippen LogP contribution in [0.4, 0.5) is 0 Å². The van der Waals surface area contributed by atoms with Crippen LogP contribution in [0.1, 0.15) is 59.0 Å². The van der Waals surface area contributed by atoms with Crippen LogP contribution in [0.5, 0.6) is 5.75 Å². The van der Waals surface area contributed by atoms with Crippen LogP contribution >= 0.6 is 11.6 Å². The predicted molar refractivity (Wildman–Crippen MR) is 138 cm³/mol. The normalized spacial score (nSPS) is 11.7. The smallest absolute Gasteiger partial charge is 0.251 e. The van der Waals surface area contributed by atoms with Crippen molar-refractivity contribution in [3.8, 4) is 5.75 Å². The number of ether oxygens (including phenoxy) is 1. The highest BCUT2D eigenvalue weighted by molar-refractivity contribution is 6.32. The van der Waals surface area contributed by atoms with E-state index in [1.165, 1.54) is 0 Å². The van der Waals surface area contributed by atoms with E-state index in [1.807, 2.05) is 56.3 Å². The zero-order valence-electron chi connectivity index (χ0n) is 20.2. The van der Waals surface area contributed by atoms with Crippen LogP contribution in [0.25, 0.3) is 0 Å². The summed E-state index contributed by atoms with van der Waals surface area (Å²) >= 11 is 6.27. The van der Waals surface area contributed by atoms with Crippen molar-refractivity contribution in [1.82, 2.24) is 5.32 Å². The number of amides is 1. The highest BCUT2D eigenvalue weighted by atomic mass is 35.5. The van der Waals surface area contributed by atoms with Crippen molar-refractivity contribution in [3.63, 3.8) is 0 Å². The molecule has 0 aliphatic rings. The molecule has 3 aromatic rings. The average Bonchev–Trinajstić information content (AvgIpc) is 2.85. The standard InChI is InChI=1S/C29H30ClNO4/c1-4-26(32)25(31-29(34)23-14-15-28(24(30)18-23)35-19(2)3)16-20-10-12-21(13-11-20)17-27(33)22-8-6-5-7-9-22/h5-15,18-19,25H,4,16-17H2,1-3H3,(H,31,34). The van der Waals surface area contributed by atoms with Crippen LogP contribution < -0.4 is 10.1 Å². The quantitative estimate of drug-likeness (QED) is 0.340. The number of carbonyl (C=O) groups excluding carboxylic acids is 3. The van der Waals surface area contributed by atoms with E-state index < -0.39 is 6.04 Å². The van der Waals surface area contributed by atoms with Gasteiger partial charge in [-0.3, -0.25) is 14.4 Å². The number of Topliss-reactive ketones (excluding diaryl/α,β-unsaturated/α-hetero) is 2. The summed E-state index contributed by atoms with van der Waals surface area (Å²) in [7, 11) is 0. The Bertz CT molecular complexity index is 1170. The second-order valence-corrected chi connectivity index (χ2v) is 9.05. The second kappa shape index (κ2) is 12.3. The first-order chi connectivity index (χ1) is 16.8. The van der Waals surface area contributed by atoms with Crippen LogP contribution in [0.15, 0.2) is 72.8 Å². The number of rotatable bonds is 11. The molecule has 1 N–H and O–H groups in total. The van der Waals surface area contributed by atoms with Crippen LogP contribution in [0.2, 0.25) is 5.02 Å². The van der Waals surface area contributed by atoms with Crippen molar-refractivity contribution >= 4 is 29.1 Å². The Balaban J connectivity index is 1.67. The Kier molecular flexibility index (Phi) is 9.21. The lowest BCUT2D eigenvalue weighted by Crippen LogP contribution is -2.42. The Labute approximate surface area is 211 Å². The van der Waals surface area contributed by atoms with Crippen molar-refractivity contribution in [2.45, 2.75) is 52.2 Å². The van der Waals surface area contributed by atoms with E-state index in [4.69, 9.17) is 16.3 Å². The number of benzene rings is 3. The summed E-state index contributed by atoms with van der Waals surface area (Å²) in [4.78, 5) is 37.9. The molecule has 5 nitrogen and oxygen atoms in total. The first-order valence-corrected chi connectivity index (χ1v) is 12.1. The molecule has 0 fully saturated rings. The third-order valence-electron chi connectivity index (χ3n) is 5.52. The molecular weight excluding hydrogens is 462 g/mol. The lowest BCUT2D eigenvalue weighted by Gasteiger charge is -2.18. The van der Waals surface area contributed by atoms with Gasteiger partial charge in [0.2, 0.25) is 0 Å². The summed E-state index contributed by atoms with van der Waals surface area (Å²) in [5, 5.41) is 3.18. The Morgan fingerprint density at radius 1 is 0.886 bits per heavy atom. The monoisotopic (exact) mass is 491 g/mol. The minimum absolute atomic E-state index is 0.0402. The average molecular weight is 492 g/mol. The molecule has 182 valence electrons. The molecule has 3 rings (SSSR count). The highest BCUT2D eigenvalue weighted by Crippen LogP contribution is 2.26. The second-order valence-electron chi connectivity index (χ2n) is 8.64. The maximum absolute atomic E-state index is 12.9. The molecule has 1 amide bonds. The molecule has 1 atom stereocenters. The molecule has 6 heteroatoms. The summed E-state index contributed by atoms with van der Waals surface area (Å²) < 4.78 is 5.62. The third kappa shape index (κ3) is 7.52. The van der Waals surface area contributed by atoms with Gasteiger partial charge in [0.25, 0.3) is 5.91 Å². The number of nitrogens with one attached hydrogen (secondary N) is 1. The van der Waals surface area contributed by atoms with Crippen molar-refractivity contribution in [1.29, 1.82) is 0 Å². The van der Waals surface area contributed by atoms with Gasteiger partial charge in [-0.15, -0.1) is 0 Å². The van der Waals surface area contributed by atoms with E-state index >= 15 is 0 Å². The number of halogens is 1. The SMILES string of the molecule is CCC(=O)C(Cc1ccc(CC(=O)c2ccccc2)cc1)NC(=O)c1ccc(OC(C)C)c(Cl)c1. The summed E-state index contributed by atoms with van der Waals surface area (Å²) in [5.74, 6) is 0.116. The van der Waals surface area contributed by atoms with Gasteiger partial charge in [0.1, 0.15) is 5.75 Å². The fourth-order valence-corrected chi connectivity index (χ4v) is 3.89. The van der Waals surface area contributed by atoms with E-state index in [9.17, 15) is 14.4 Å². The fraction of sp³-hybridized carbons (Fsp3) is 0.276. The Hall–Kier alpha value is -3.44. The van der Waals surface area contributed by atoms with Gasteiger partial charge in [0.05, 0.1) is 17.2 Å². The van der Waals surface area contributed by atoms with Gasteiger partial charge in [-0.05, 0) is 49.6 Å². The number of hydrogen-bond acceptors (Lipinski definition) is 4. The van der Waals surface area contributed by atoms with Crippen molar-refractivity contribution in [2.75, 3.05) is 0 Å². The highest BCUT2D eigenvalue weighted by Gasteiger charge is 2.21. The lowest BCUT2D eigenvalue weighted by molar-refractivity contribution is -0.120. The van der Waals surface area contributed by atoms with Crippen molar-refractivity contribution in [2.24, 2.45) is 0 Å². The molecule has 0 saturated carbocycles. The molecule has 0 radical (unpaired) electrons. The molecule has 3 aromatic carbocycles. The minimum Gasteiger partial charge on any atom is -0.489 e. The molecule has 0 spiro atoms. The zero-order chi connectivity index (χ0) is 25.4. The summed E-state index contributed by atoms with van der Waals surface area (Å²) in [6.45, 7) is 5.56. The maximum atomic E-state index is 12.9. The maximum Gasteiger partial charge on any atom is 0.251 e. The van der Waals surface area contributed by atoms with E-state index in [2.05, 4.69) is 5.32 Å². The molecule has 1 unspecified atom stereocenters. The van der Waals surface area contributed by atoms with Gasteiger partial charge in [-0.1, -0.05) is 73.1 Å². The van der Waals surface area contributed by atoms with Gasteiger partial charge in [0.15, 0.2) is 11.6 Å². The topological polar surface area (TPSA) is 72.5 Å². The number of hydrogen-bond donors (Lipinski definition) is 1. The molecule has 0 aliphatic carbocycles. The molecule has 0 bridgehead atoms. The summed E-state index contributed by atoms with van der Waals surface area (Å²) in [6.07, 6.45) is 0.918.